The number of hydrogen-bond acceptors (Lipinski definition) is 3. The lowest BCUT2D eigenvalue weighted by Crippen LogP contribution is -2.33. The SMILES string of the molecule is CC(C)n1c2c(cc(C(N)c3cccs3)c1=O)CCCC2. The van der Waals surface area contributed by atoms with Gasteiger partial charge in [0.05, 0.1) is 6.04 Å². The molecule has 0 fully saturated rings. The van der Waals surface area contributed by atoms with E-state index in [-0.39, 0.29) is 17.6 Å². The molecule has 2 N–H and O–H groups in total. The molecule has 0 aliphatic heterocycles. The highest BCUT2D eigenvalue weighted by Gasteiger charge is 2.22. The summed E-state index contributed by atoms with van der Waals surface area (Å²) in [6.45, 7) is 4.16. The van der Waals surface area contributed by atoms with Crippen LogP contribution in [0.5, 0.6) is 0 Å². The molecule has 1 aliphatic rings. The fourth-order valence-corrected chi connectivity index (χ4v) is 3.99. The second kappa shape index (κ2) is 5.78. The number of aromatic nitrogens is 1. The smallest absolute Gasteiger partial charge is 0.256 e. The summed E-state index contributed by atoms with van der Waals surface area (Å²) in [7, 11) is 0. The second-order valence-corrected chi connectivity index (χ2v) is 7.02. The van der Waals surface area contributed by atoms with Crippen LogP contribution in [0.25, 0.3) is 0 Å². The molecule has 0 saturated heterocycles. The fraction of sp³-hybridized carbons (Fsp3) is 0.471. The third-order valence-electron chi connectivity index (χ3n) is 4.27. The summed E-state index contributed by atoms with van der Waals surface area (Å²) in [5.74, 6) is 0. The summed E-state index contributed by atoms with van der Waals surface area (Å²) in [4.78, 5) is 14.0. The predicted molar refractivity (Wildman–Crippen MR) is 88.1 cm³/mol. The molecule has 1 atom stereocenters. The third kappa shape index (κ3) is 2.58. The summed E-state index contributed by atoms with van der Waals surface area (Å²) >= 11 is 1.61. The van der Waals surface area contributed by atoms with E-state index in [0.29, 0.717) is 0 Å². The molecule has 2 aromatic rings. The summed E-state index contributed by atoms with van der Waals surface area (Å²) < 4.78 is 1.97. The molecule has 2 heterocycles. The summed E-state index contributed by atoms with van der Waals surface area (Å²) in [6.07, 6.45) is 4.45. The van der Waals surface area contributed by atoms with Gasteiger partial charge in [-0.15, -0.1) is 11.3 Å². The monoisotopic (exact) mass is 302 g/mol. The highest BCUT2D eigenvalue weighted by Crippen LogP contribution is 2.27. The van der Waals surface area contributed by atoms with Crippen molar-refractivity contribution in [2.24, 2.45) is 5.73 Å². The van der Waals surface area contributed by atoms with Crippen molar-refractivity contribution < 1.29 is 0 Å². The Morgan fingerprint density at radius 3 is 2.71 bits per heavy atom. The Balaban J connectivity index is 2.18. The number of hydrogen-bond donors (Lipinski definition) is 1. The molecule has 4 heteroatoms. The molecule has 0 spiro atoms. The van der Waals surface area contributed by atoms with Crippen molar-refractivity contribution in [3.8, 4) is 0 Å². The van der Waals surface area contributed by atoms with E-state index in [2.05, 4.69) is 19.9 Å². The van der Waals surface area contributed by atoms with Crippen LogP contribution in [-0.2, 0) is 12.8 Å². The molecule has 1 unspecified atom stereocenters. The fourth-order valence-electron chi connectivity index (χ4n) is 3.24. The molecule has 0 radical (unpaired) electrons. The van der Waals surface area contributed by atoms with Crippen molar-refractivity contribution >= 4 is 11.3 Å². The molecule has 3 rings (SSSR count). The van der Waals surface area contributed by atoms with E-state index in [0.717, 1.165) is 23.3 Å². The van der Waals surface area contributed by atoms with E-state index >= 15 is 0 Å². The van der Waals surface area contributed by atoms with Gasteiger partial charge in [-0.2, -0.15) is 0 Å². The van der Waals surface area contributed by atoms with Crippen LogP contribution >= 0.6 is 11.3 Å². The largest absolute Gasteiger partial charge is 0.319 e. The maximum absolute atomic E-state index is 12.9. The van der Waals surface area contributed by atoms with Crippen molar-refractivity contribution in [2.75, 3.05) is 0 Å². The van der Waals surface area contributed by atoms with Gasteiger partial charge >= 0.3 is 0 Å². The first kappa shape index (κ1) is 14.5. The van der Waals surface area contributed by atoms with Crippen LogP contribution in [-0.4, -0.2) is 4.57 Å². The number of rotatable bonds is 3. The number of nitrogens with two attached hydrogens (primary N) is 1. The Bertz CT molecular complexity index is 686. The van der Waals surface area contributed by atoms with E-state index < -0.39 is 0 Å². The van der Waals surface area contributed by atoms with Crippen LogP contribution in [0.4, 0.5) is 0 Å². The number of aryl methyl sites for hydroxylation is 1. The molecule has 0 aromatic carbocycles. The lowest BCUT2D eigenvalue weighted by molar-refractivity contribution is 0.512. The Hall–Kier alpha value is -1.39. The van der Waals surface area contributed by atoms with Crippen LogP contribution in [0.15, 0.2) is 28.4 Å². The Morgan fingerprint density at radius 1 is 1.29 bits per heavy atom. The van der Waals surface area contributed by atoms with Gasteiger partial charge in [0.1, 0.15) is 0 Å². The zero-order valence-corrected chi connectivity index (χ0v) is 13.5. The summed E-state index contributed by atoms with van der Waals surface area (Å²) in [5, 5.41) is 2.01. The van der Waals surface area contributed by atoms with Gasteiger partial charge in [0.2, 0.25) is 0 Å². The maximum atomic E-state index is 12.9. The quantitative estimate of drug-likeness (QED) is 0.944. The van der Waals surface area contributed by atoms with Gasteiger partial charge in [0, 0.05) is 22.2 Å². The Labute approximate surface area is 129 Å². The van der Waals surface area contributed by atoms with Crippen molar-refractivity contribution in [2.45, 2.75) is 51.6 Å². The standard InChI is InChI=1S/C17H22N2OS/c1-11(2)19-14-7-4-3-6-12(14)10-13(17(19)20)16(18)15-8-5-9-21-15/h5,8-11,16H,3-4,6-7,18H2,1-2H3. The highest BCUT2D eigenvalue weighted by atomic mass is 32.1. The van der Waals surface area contributed by atoms with Crippen LogP contribution in [0.1, 0.15) is 60.5 Å². The average Bonchev–Trinajstić information content (AvgIpc) is 2.99. The molecule has 2 aromatic heterocycles. The normalized spacial score (nSPS) is 16.0. The van der Waals surface area contributed by atoms with E-state index in [9.17, 15) is 4.79 Å². The number of fused-ring (bicyclic) bond motifs is 1. The highest BCUT2D eigenvalue weighted by molar-refractivity contribution is 7.10. The van der Waals surface area contributed by atoms with Gasteiger partial charge in [0.15, 0.2) is 0 Å². The molecule has 0 saturated carbocycles. The maximum Gasteiger partial charge on any atom is 0.256 e. The first-order valence-electron chi connectivity index (χ1n) is 7.65. The molecule has 0 amide bonds. The molecular formula is C17H22N2OS. The molecule has 21 heavy (non-hydrogen) atoms. The van der Waals surface area contributed by atoms with Crippen LogP contribution in [0, 0.1) is 0 Å². The predicted octanol–water partition coefficient (Wildman–Crippen LogP) is 3.42. The third-order valence-corrected chi connectivity index (χ3v) is 5.22. The topological polar surface area (TPSA) is 48.0 Å². The second-order valence-electron chi connectivity index (χ2n) is 6.04. The first-order chi connectivity index (χ1) is 10.1. The van der Waals surface area contributed by atoms with Crippen molar-refractivity contribution in [1.29, 1.82) is 0 Å². The van der Waals surface area contributed by atoms with Gasteiger partial charge < -0.3 is 10.3 Å². The van der Waals surface area contributed by atoms with Gasteiger partial charge in [-0.05, 0) is 62.6 Å². The van der Waals surface area contributed by atoms with Gasteiger partial charge in [0.25, 0.3) is 5.56 Å². The average molecular weight is 302 g/mol. The molecule has 1 aliphatic carbocycles. The minimum Gasteiger partial charge on any atom is -0.319 e. The van der Waals surface area contributed by atoms with Crippen molar-refractivity contribution in [1.82, 2.24) is 4.57 Å². The zero-order chi connectivity index (χ0) is 15.0. The van der Waals surface area contributed by atoms with E-state index in [1.807, 2.05) is 22.1 Å². The molecular weight excluding hydrogens is 280 g/mol. The first-order valence-corrected chi connectivity index (χ1v) is 8.53. The van der Waals surface area contributed by atoms with E-state index in [1.165, 1.54) is 24.1 Å². The van der Waals surface area contributed by atoms with Crippen LogP contribution in [0.2, 0.25) is 0 Å². The van der Waals surface area contributed by atoms with Crippen molar-refractivity contribution in [3.63, 3.8) is 0 Å². The number of thiophene rings is 1. The van der Waals surface area contributed by atoms with Gasteiger partial charge in [-0.25, -0.2) is 0 Å². The van der Waals surface area contributed by atoms with E-state index in [4.69, 9.17) is 5.73 Å². The minimum atomic E-state index is -0.310. The molecule has 0 bridgehead atoms. The van der Waals surface area contributed by atoms with Crippen molar-refractivity contribution in [3.05, 3.63) is 55.6 Å². The molecule has 3 nitrogen and oxygen atoms in total. The zero-order valence-electron chi connectivity index (χ0n) is 12.6. The summed E-state index contributed by atoms with van der Waals surface area (Å²) in [5.41, 5.74) is 9.73. The van der Waals surface area contributed by atoms with Gasteiger partial charge in [-0.3, -0.25) is 4.79 Å². The number of nitrogens with zero attached hydrogens (tertiary/aromatic N) is 1. The minimum absolute atomic E-state index is 0.0894. The van der Waals surface area contributed by atoms with Gasteiger partial charge in [-0.1, -0.05) is 6.07 Å². The van der Waals surface area contributed by atoms with Crippen LogP contribution < -0.4 is 11.3 Å². The van der Waals surface area contributed by atoms with E-state index in [1.54, 1.807) is 11.3 Å². The lowest BCUT2D eigenvalue weighted by atomic mass is 9.92. The van der Waals surface area contributed by atoms with Crippen LogP contribution in [0.3, 0.4) is 0 Å². The lowest BCUT2D eigenvalue weighted by Gasteiger charge is -2.26. The Kier molecular flexibility index (Phi) is 4.00. The summed E-state index contributed by atoms with van der Waals surface area (Å²) in [6, 6.07) is 5.93. The molecule has 112 valence electrons. The number of pyridine rings is 1. The Morgan fingerprint density at radius 2 is 2.05 bits per heavy atom.